The number of nitrogens with zero attached hydrogens (tertiary/aromatic N) is 5. The number of ether oxygens (including phenoxy) is 2. The van der Waals surface area contributed by atoms with Crippen LogP contribution in [0.15, 0.2) is 38.8 Å². The fraction of sp³-hybridized carbons (Fsp3) is 0.350. The summed E-state index contributed by atoms with van der Waals surface area (Å²) in [6, 6.07) is 2.86. The van der Waals surface area contributed by atoms with E-state index in [-0.39, 0.29) is 23.2 Å². The molecule has 3 amide bonds. The van der Waals surface area contributed by atoms with Crippen LogP contribution in [0.4, 0.5) is 19.7 Å². The predicted octanol–water partition coefficient (Wildman–Crippen LogP) is 2.28. The van der Waals surface area contributed by atoms with E-state index in [0.29, 0.717) is 36.5 Å². The molecule has 2 aliphatic rings. The average molecular weight is 490 g/mol. The van der Waals surface area contributed by atoms with E-state index in [1.807, 2.05) is 0 Å². The molecule has 0 saturated carbocycles. The Balaban J connectivity index is 1.28. The number of amides is 3. The highest BCUT2D eigenvalue weighted by Crippen LogP contribution is 2.46. The predicted molar refractivity (Wildman–Crippen MR) is 117 cm³/mol. The number of urea groups is 1. The van der Waals surface area contributed by atoms with Crippen molar-refractivity contribution in [2.24, 2.45) is 5.73 Å². The highest BCUT2D eigenvalue weighted by molar-refractivity contribution is 8.00. The van der Waals surface area contributed by atoms with E-state index < -0.39 is 29.3 Å². The molecule has 34 heavy (non-hydrogen) atoms. The van der Waals surface area contributed by atoms with Crippen LogP contribution in [0, 0.1) is 5.82 Å². The Kier molecular flexibility index (Phi) is 5.51. The summed E-state index contributed by atoms with van der Waals surface area (Å²) in [5, 5.41) is 0.393. The molecular formula is C20H19FN6O6S. The van der Waals surface area contributed by atoms with Crippen molar-refractivity contribution in [2.45, 2.75) is 29.5 Å². The first-order valence-corrected chi connectivity index (χ1v) is 11.2. The highest BCUT2D eigenvalue weighted by Gasteiger charge is 2.41. The maximum absolute atomic E-state index is 13.5. The summed E-state index contributed by atoms with van der Waals surface area (Å²) in [5.41, 5.74) is 5.36. The highest BCUT2D eigenvalue weighted by atomic mass is 32.2. The van der Waals surface area contributed by atoms with Crippen molar-refractivity contribution in [2.75, 3.05) is 25.1 Å². The second-order valence-corrected chi connectivity index (χ2v) is 8.65. The van der Waals surface area contributed by atoms with Crippen LogP contribution in [-0.2, 0) is 4.74 Å². The van der Waals surface area contributed by atoms with Crippen molar-refractivity contribution < 1.29 is 27.9 Å². The molecule has 1 fully saturated rings. The van der Waals surface area contributed by atoms with E-state index in [1.54, 1.807) is 0 Å². The van der Waals surface area contributed by atoms with Gasteiger partial charge in [-0.05, 0) is 36.7 Å². The third-order valence-corrected chi connectivity index (χ3v) is 6.75. The lowest BCUT2D eigenvalue weighted by Crippen LogP contribution is -2.46. The molecule has 2 aliphatic heterocycles. The number of fused-ring (bicyclic) bond motifs is 2. The van der Waals surface area contributed by atoms with Crippen LogP contribution in [0.1, 0.15) is 18.9 Å². The molecule has 4 heterocycles. The normalized spacial score (nSPS) is 18.2. The average Bonchev–Trinajstić information content (AvgIpc) is 3.34. The van der Waals surface area contributed by atoms with Crippen LogP contribution in [0.5, 0.6) is 5.88 Å². The van der Waals surface area contributed by atoms with Crippen LogP contribution in [0.25, 0.3) is 11.1 Å². The van der Waals surface area contributed by atoms with Gasteiger partial charge in [-0.3, -0.25) is 4.57 Å². The molecule has 12 nitrogen and oxygen atoms in total. The Morgan fingerprint density at radius 2 is 2.03 bits per heavy atom. The Hall–Kier alpha value is -3.81. The number of rotatable bonds is 3. The molecule has 1 saturated heterocycles. The van der Waals surface area contributed by atoms with Gasteiger partial charge in [-0.2, -0.15) is 4.98 Å². The Morgan fingerprint density at radius 3 is 2.74 bits per heavy atom. The summed E-state index contributed by atoms with van der Waals surface area (Å²) in [6.45, 7) is 0.599. The smallest absolute Gasteiger partial charge is 0.420 e. The van der Waals surface area contributed by atoms with E-state index in [9.17, 15) is 18.8 Å². The number of hydrogen-bond donors (Lipinski definition) is 1. The summed E-state index contributed by atoms with van der Waals surface area (Å²) in [6.07, 6.45) is 1.54. The zero-order valence-corrected chi connectivity index (χ0v) is 18.7. The molecular weight excluding hydrogens is 471 g/mol. The molecule has 5 rings (SSSR count). The van der Waals surface area contributed by atoms with Crippen molar-refractivity contribution in [1.82, 2.24) is 19.4 Å². The second-order valence-electron chi connectivity index (χ2n) is 7.62. The molecule has 14 heteroatoms. The Morgan fingerprint density at radius 1 is 1.26 bits per heavy atom. The topological polar surface area (TPSA) is 146 Å². The van der Waals surface area contributed by atoms with Gasteiger partial charge < -0.3 is 24.5 Å². The third-order valence-electron chi connectivity index (χ3n) is 5.71. The summed E-state index contributed by atoms with van der Waals surface area (Å²) in [7, 11) is 1.39. The molecule has 2 N–H and O–H groups in total. The summed E-state index contributed by atoms with van der Waals surface area (Å²) >= 11 is 1.03. The standard InChI is InChI=1S/C20H19FN6O6S/c1-31-15-14-16(24-9-23-15)34-20(27(14)17(22)28)33-18(29)25-6-4-11(5-7-25)26-12-3-2-10(21)8-13(12)32-19(26)30/h2-3,8-9,11,20H,4-7H2,1H3,(H2,22,28). The van der Waals surface area contributed by atoms with Crippen LogP contribution < -0.4 is 21.1 Å². The number of carbonyl (C=O) groups is 2. The maximum Gasteiger partial charge on any atom is 0.420 e. The monoisotopic (exact) mass is 490 g/mol. The Labute approximate surface area is 195 Å². The van der Waals surface area contributed by atoms with Crippen molar-refractivity contribution in [3.05, 3.63) is 40.9 Å². The molecule has 0 radical (unpaired) electrons. The molecule has 2 aromatic heterocycles. The summed E-state index contributed by atoms with van der Waals surface area (Å²) in [4.78, 5) is 47.9. The molecule has 0 aliphatic carbocycles. The number of halogens is 1. The number of hydrogen-bond acceptors (Lipinski definition) is 9. The van der Waals surface area contributed by atoms with Gasteiger partial charge >= 0.3 is 17.9 Å². The Bertz CT molecular complexity index is 1340. The van der Waals surface area contributed by atoms with Crippen molar-refractivity contribution in [3.8, 4) is 5.88 Å². The number of thioether (sulfide) groups is 1. The maximum atomic E-state index is 13.5. The van der Waals surface area contributed by atoms with Gasteiger partial charge in [0.15, 0.2) is 5.58 Å². The third kappa shape index (κ3) is 3.69. The number of anilines is 1. The number of carbonyl (C=O) groups excluding carboxylic acids is 2. The zero-order valence-electron chi connectivity index (χ0n) is 17.8. The zero-order chi connectivity index (χ0) is 24.0. The van der Waals surface area contributed by atoms with Crippen LogP contribution in [0.2, 0.25) is 0 Å². The molecule has 1 unspecified atom stereocenters. The number of oxazole rings is 1. The second kappa shape index (κ2) is 8.52. The quantitative estimate of drug-likeness (QED) is 0.546. The van der Waals surface area contributed by atoms with E-state index in [2.05, 4.69) is 9.97 Å². The van der Waals surface area contributed by atoms with Gasteiger partial charge in [-0.1, -0.05) is 0 Å². The number of methoxy groups -OCH3 is 1. The first-order chi connectivity index (χ1) is 16.4. The van der Waals surface area contributed by atoms with Crippen molar-refractivity contribution in [3.63, 3.8) is 0 Å². The lowest BCUT2D eigenvalue weighted by atomic mass is 10.0. The SMILES string of the molecule is COc1ncnc2c1N(C(N)=O)C(OC(=O)N1CCC(n3c(=O)oc4cc(F)ccc43)CC1)S2. The van der Waals surface area contributed by atoms with E-state index in [1.165, 1.54) is 41.1 Å². The minimum atomic E-state index is -1.07. The summed E-state index contributed by atoms with van der Waals surface area (Å²) < 4.78 is 30.9. The van der Waals surface area contributed by atoms with E-state index >= 15 is 0 Å². The number of likely N-dealkylation sites (tertiary alicyclic amines) is 1. The molecule has 1 atom stereocenters. The minimum absolute atomic E-state index is 0.133. The lowest BCUT2D eigenvalue weighted by Gasteiger charge is -2.33. The lowest BCUT2D eigenvalue weighted by molar-refractivity contribution is 0.0814. The minimum Gasteiger partial charge on any atom is -0.479 e. The number of nitrogens with two attached hydrogens (primary N) is 1. The first-order valence-electron chi connectivity index (χ1n) is 10.3. The number of piperidine rings is 1. The number of aromatic nitrogens is 3. The van der Waals surface area contributed by atoms with Gasteiger partial charge in [0.2, 0.25) is 11.4 Å². The molecule has 1 aromatic carbocycles. The van der Waals surface area contributed by atoms with E-state index in [0.717, 1.165) is 16.7 Å². The largest absolute Gasteiger partial charge is 0.479 e. The molecule has 0 bridgehead atoms. The summed E-state index contributed by atoms with van der Waals surface area (Å²) in [5.74, 6) is -0.936. The van der Waals surface area contributed by atoms with Gasteiger partial charge in [-0.15, -0.1) is 0 Å². The molecule has 178 valence electrons. The van der Waals surface area contributed by atoms with Gasteiger partial charge in [0.25, 0.3) is 0 Å². The number of benzene rings is 1. The first kappa shape index (κ1) is 22.0. The van der Waals surface area contributed by atoms with Crippen LogP contribution >= 0.6 is 11.8 Å². The van der Waals surface area contributed by atoms with Gasteiger partial charge in [0.05, 0.1) is 12.6 Å². The van der Waals surface area contributed by atoms with Crippen molar-refractivity contribution in [1.29, 1.82) is 0 Å². The van der Waals surface area contributed by atoms with Gasteiger partial charge in [0.1, 0.15) is 22.9 Å². The van der Waals surface area contributed by atoms with Crippen LogP contribution in [-0.4, -0.2) is 57.3 Å². The number of primary amides is 1. The van der Waals surface area contributed by atoms with Gasteiger partial charge in [0, 0.05) is 25.2 Å². The molecule has 0 spiro atoms. The van der Waals surface area contributed by atoms with Gasteiger partial charge in [-0.25, -0.2) is 28.7 Å². The van der Waals surface area contributed by atoms with E-state index in [4.69, 9.17) is 19.6 Å². The van der Waals surface area contributed by atoms with Crippen LogP contribution in [0.3, 0.4) is 0 Å². The fourth-order valence-electron chi connectivity index (χ4n) is 4.16. The van der Waals surface area contributed by atoms with Crippen molar-refractivity contribution >= 4 is 40.7 Å². The fourth-order valence-corrected chi connectivity index (χ4v) is 5.20. The molecule has 3 aromatic rings.